The normalized spacial score (nSPS) is 21.8. The van der Waals surface area contributed by atoms with E-state index in [0.29, 0.717) is 13.0 Å². The molecule has 0 aromatic rings. The Morgan fingerprint density at radius 3 is 3.17 bits per heavy atom. The lowest BCUT2D eigenvalue weighted by Gasteiger charge is -2.13. The van der Waals surface area contributed by atoms with Crippen molar-refractivity contribution >= 4 is 5.97 Å². The maximum atomic E-state index is 11.2. The molecule has 12 heavy (non-hydrogen) atoms. The molecule has 1 rings (SSSR count). The van der Waals surface area contributed by atoms with E-state index in [9.17, 15) is 4.79 Å². The Kier molecular flexibility index (Phi) is 2.91. The minimum atomic E-state index is -0.190. The highest BCUT2D eigenvalue weighted by Crippen LogP contribution is 2.16. The molecule has 1 aliphatic carbocycles. The molecule has 0 spiro atoms. The van der Waals surface area contributed by atoms with Crippen LogP contribution in [0.5, 0.6) is 0 Å². The van der Waals surface area contributed by atoms with Crippen LogP contribution in [0.2, 0.25) is 0 Å². The summed E-state index contributed by atoms with van der Waals surface area (Å²) >= 11 is 0. The molecule has 1 atom stereocenters. The third kappa shape index (κ3) is 2.12. The Morgan fingerprint density at radius 2 is 2.58 bits per heavy atom. The number of nitrogens with two attached hydrogens (primary N) is 1. The van der Waals surface area contributed by atoms with E-state index in [1.807, 2.05) is 6.08 Å². The zero-order valence-electron chi connectivity index (χ0n) is 7.12. The molecule has 0 saturated heterocycles. The number of carbonyl (C=O) groups excluding carboxylic acids is 1. The van der Waals surface area contributed by atoms with E-state index < -0.39 is 0 Å². The molecule has 0 radical (unpaired) electrons. The van der Waals surface area contributed by atoms with Gasteiger partial charge in [0, 0.05) is 12.1 Å². The van der Waals surface area contributed by atoms with Crippen LogP contribution >= 0.6 is 0 Å². The lowest BCUT2D eigenvalue weighted by molar-refractivity contribution is -0.146. The molecule has 2 N–H and O–H groups in total. The van der Waals surface area contributed by atoms with Gasteiger partial charge in [-0.1, -0.05) is 12.2 Å². The van der Waals surface area contributed by atoms with Crippen molar-refractivity contribution in [2.45, 2.75) is 13.3 Å². The average Bonchev–Trinajstić information content (AvgIpc) is 2.05. The summed E-state index contributed by atoms with van der Waals surface area (Å²) in [5, 5.41) is 0. The fourth-order valence-electron chi connectivity index (χ4n) is 1.11. The van der Waals surface area contributed by atoms with Gasteiger partial charge in [-0.15, -0.1) is 0 Å². The van der Waals surface area contributed by atoms with Gasteiger partial charge in [0.05, 0.1) is 12.5 Å². The van der Waals surface area contributed by atoms with Gasteiger partial charge in [0.15, 0.2) is 0 Å². The summed E-state index contributed by atoms with van der Waals surface area (Å²) in [6.45, 7) is 2.22. The summed E-state index contributed by atoms with van der Waals surface area (Å²) in [5.41, 5.74) is 6.29. The molecule has 0 fully saturated rings. The van der Waals surface area contributed by atoms with Crippen molar-refractivity contribution in [1.82, 2.24) is 0 Å². The average molecular weight is 167 g/mol. The molecular formula is C9H13NO2. The van der Waals surface area contributed by atoms with Crippen LogP contribution in [-0.4, -0.2) is 12.6 Å². The zero-order chi connectivity index (χ0) is 8.97. The first-order valence-corrected chi connectivity index (χ1v) is 4.03. The largest absolute Gasteiger partial charge is 0.466 e. The standard InChI is InChI=1S/C9H13NO2/c1-2-12-9(11)7-4-3-5-8(10)6-7/h3-5,7H,2,6,10H2,1H3. The van der Waals surface area contributed by atoms with E-state index in [1.54, 1.807) is 19.1 Å². The van der Waals surface area contributed by atoms with E-state index in [4.69, 9.17) is 10.5 Å². The number of carbonyl (C=O) groups is 1. The van der Waals surface area contributed by atoms with Gasteiger partial charge < -0.3 is 10.5 Å². The molecule has 3 nitrogen and oxygen atoms in total. The highest BCUT2D eigenvalue weighted by Gasteiger charge is 2.18. The van der Waals surface area contributed by atoms with Crippen LogP contribution in [0.4, 0.5) is 0 Å². The second kappa shape index (κ2) is 3.95. The first kappa shape index (κ1) is 8.84. The number of allylic oxidation sites excluding steroid dienone is 3. The number of hydrogen-bond acceptors (Lipinski definition) is 3. The third-order valence-corrected chi connectivity index (χ3v) is 1.70. The molecule has 0 heterocycles. The molecule has 66 valence electrons. The fraction of sp³-hybridized carbons (Fsp3) is 0.444. The van der Waals surface area contributed by atoms with Gasteiger partial charge >= 0.3 is 5.97 Å². The number of esters is 1. The lowest BCUT2D eigenvalue weighted by Crippen LogP contribution is -2.19. The Balaban J connectivity index is 2.50. The van der Waals surface area contributed by atoms with Crippen LogP contribution in [-0.2, 0) is 9.53 Å². The van der Waals surface area contributed by atoms with E-state index in [0.717, 1.165) is 5.70 Å². The molecule has 3 heteroatoms. The smallest absolute Gasteiger partial charge is 0.313 e. The monoisotopic (exact) mass is 167 g/mol. The van der Waals surface area contributed by atoms with Crippen LogP contribution in [0.25, 0.3) is 0 Å². The zero-order valence-corrected chi connectivity index (χ0v) is 7.12. The van der Waals surface area contributed by atoms with Gasteiger partial charge in [-0.2, -0.15) is 0 Å². The van der Waals surface area contributed by atoms with Gasteiger partial charge in [0.1, 0.15) is 0 Å². The third-order valence-electron chi connectivity index (χ3n) is 1.70. The number of hydrogen-bond donors (Lipinski definition) is 1. The fourth-order valence-corrected chi connectivity index (χ4v) is 1.11. The summed E-state index contributed by atoms with van der Waals surface area (Å²) in [6.07, 6.45) is 5.99. The summed E-state index contributed by atoms with van der Waals surface area (Å²) < 4.78 is 4.86. The molecule has 0 amide bonds. The van der Waals surface area contributed by atoms with Gasteiger partial charge in [0.2, 0.25) is 0 Å². The number of rotatable bonds is 2. The van der Waals surface area contributed by atoms with Crippen LogP contribution in [0.3, 0.4) is 0 Å². The van der Waals surface area contributed by atoms with Crippen molar-refractivity contribution in [1.29, 1.82) is 0 Å². The van der Waals surface area contributed by atoms with Crippen molar-refractivity contribution < 1.29 is 9.53 Å². The van der Waals surface area contributed by atoms with E-state index >= 15 is 0 Å². The summed E-state index contributed by atoms with van der Waals surface area (Å²) in [6, 6.07) is 0. The topological polar surface area (TPSA) is 52.3 Å². The Morgan fingerprint density at radius 1 is 1.83 bits per heavy atom. The second-order valence-electron chi connectivity index (χ2n) is 2.69. The molecule has 1 aliphatic rings. The molecule has 0 aromatic heterocycles. The summed E-state index contributed by atoms with van der Waals surface area (Å²) in [4.78, 5) is 11.2. The van der Waals surface area contributed by atoms with Crippen LogP contribution < -0.4 is 5.73 Å². The molecular weight excluding hydrogens is 154 g/mol. The van der Waals surface area contributed by atoms with E-state index in [2.05, 4.69) is 0 Å². The van der Waals surface area contributed by atoms with Gasteiger partial charge in [-0.3, -0.25) is 4.79 Å². The number of ether oxygens (including phenoxy) is 1. The minimum absolute atomic E-state index is 0.185. The Hall–Kier alpha value is -1.25. The Labute approximate surface area is 71.9 Å². The van der Waals surface area contributed by atoms with Gasteiger partial charge in [-0.25, -0.2) is 0 Å². The van der Waals surface area contributed by atoms with Crippen molar-refractivity contribution in [3.05, 3.63) is 23.9 Å². The van der Waals surface area contributed by atoms with Crippen LogP contribution in [0.1, 0.15) is 13.3 Å². The van der Waals surface area contributed by atoms with Crippen molar-refractivity contribution in [2.24, 2.45) is 11.7 Å². The molecule has 0 saturated carbocycles. The Bertz CT molecular complexity index is 231. The second-order valence-corrected chi connectivity index (χ2v) is 2.69. The summed E-state index contributed by atoms with van der Waals surface area (Å²) in [5.74, 6) is -0.375. The predicted molar refractivity (Wildman–Crippen MR) is 46.2 cm³/mol. The minimum Gasteiger partial charge on any atom is -0.466 e. The quantitative estimate of drug-likeness (QED) is 0.623. The predicted octanol–water partition coefficient (Wildman–Crippen LogP) is 0.968. The molecule has 0 aliphatic heterocycles. The molecule has 0 aromatic carbocycles. The summed E-state index contributed by atoms with van der Waals surface area (Å²) in [7, 11) is 0. The maximum absolute atomic E-state index is 11.2. The van der Waals surface area contributed by atoms with Crippen molar-refractivity contribution in [3.63, 3.8) is 0 Å². The molecule has 0 bridgehead atoms. The lowest BCUT2D eigenvalue weighted by atomic mass is 9.99. The SMILES string of the molecule is CCOC(=O)C1C=CC=C(N)C1. The first-order chi connectivity index (χ1) is 5.74. The first-order valence-electron chi connectivity index (χ1n) is 4.03. The maximum Gasteiger partial charge on any atom is 0.313 e. The van der Waals surface area contributed by atoms with Crippen LogP contribution in [0.15, 0.2) is 23.9 Å². The molecule has 1 unspecified atom stereocenters. The van der Waals surface area contributed by atoms with Crippen molar-refractivity contribution in [3.8, 4) is 0 Å². The van der Waals surface area contributed by atoms with Gasteiger partial charge in [0.25, 0.3) is 0 Å². The van der Waals surface area contributed by atoms with Crippen LogP contribution in [0, 0.1) is 5.92 Å². The van der Waals surface area contributed by atoms with Crippen molar-refractivity contribution in [2.75, 3.05) is 6.61 Å². The van der Waals surface area contributed by atoms with E-state index in [-0.39, 0.29) is 11.9 Å². The van der Waals surface area contributed by atoms with E-state index in [1.165, 1.54) is 0 Å². The highest BCUT2D eigenvalue weighted by atomic mass is 16.5. The van der Waals surface area contributed by atoms with Gasteiger partial charge in [-0.05, 0) is 13.0 Å². The highest BCUT2D eigenvalue weighted by molar-refractivity contribution is 5.75.